The molecule has 0 bridgehead atoms. The lowest BCUT2D eigenvalue weighted by Gasteiger charge is -2.12. The molecule has 0 unspecified atom stereocenters. The van der Waals surface area contributed by atoms with Crippen LogP contribution < -0.4 is 9.47 Å². The van der Waals surface area contributed by atoms with E-state index in [0.717, 1.165) is 33.8 Å². The summed E-state index contributed by atoms with van der Waals surface area (Å²) >= 11 is 11.9. The van der Waals surface area contributed by atoms with Crippen molar-refractivity contribution < 1.29 is 9.47 Å². The average Bonchev–Trinajstić information content (AvgIpc) is 2.71. The van der Waals surface area contributed by atoms with E-state index in [1.54, 1.807) is 0 Å². The lowest BCUT2D eigenvalue weighted by Crippen LogP contribution is -2.01. The van der Waals surface area contributed by atoms with Crippen LogP contribution >= 0.6 is 23.2 Å². The maximum Gasteiger partial charge on any atom is 0.124 e. The maximum atomic E-state index is 5.96. The minimum Gasteiger partial charge on any atom is -0.489 e. The van der Waals surface area contributed by atoms with Gasteiger partial charge in [-0.05, 0) is 29.3 Å². The fraction of sp³-hybridized carbons (Fsp3) is 0.182. The molecule has 4 heteroatoms. The Balaban J connectivity index is 1.63. The van der Waals surface area contributed by atoms with Crippen LogP contribution in [-0.4, -0.2) is 0 Å². The van der Waals surface area contributed by atoms with E-state index in [1.165, 1.54) is 0 Å². The van der Waals surface area contributed by atoms with Gasteiger partial charge >= 0.3 is 0 Å². The second-order valence-electron chi connectivity index (χ2n) is 5.88. The summed E-state index contributed by atoms with van der Waals surface area (Å²) in [6.45, 7) is 0.972. The van der Waals surface area contributed by atoms with Crippen molar-refractivity contribution in [3.05, 3.63) is 95.1 Å². The van der Waals surface area contributed by atoms with Crippen molar-refractivity contribution in [3.63, 3.8) is 0 Å². The Labute approximate surface area is 164 Å². The first kappa shape index (κ1) is 18.6. The SMILES string of the molecule is ClCc1ccccc1OCc1cccc(COc2ccccc2CCl)c1. The average molecular weight is 387 g/mol. The summed E-state index contributed by atoms with van der Waals surface area (Å²) in [4.78, 5) is 0. The Kier molecular flexibility index (Phi) is 6.82. The number of para-hydroxylation sites is 2. The van der Waals surface area contributed by atoms with Gasteiger partial charge < -0.3 is 9.47 Å². The minimum absolute atomic E-state index is 0.435. The van der Waals surface area contributed by atoms with E-state index in [2.05, 4.69) is 6.07 Å². The number of halogens is 2. The summed E-state index contributed by atoms with van der Waals surface area (Å²) in [5, 5.41) is 0. The number of ether oxygens (including phenoxy) is 2. The van der Waals surface area contributed by atoms with Crippen LogP contribution in [0.5, 0.6) is 11.5 Å². The molecule has 2 nitrogen and oxygen atoms in total. The van der Waals surface area contributed by atoms with E-state index in [0.29, 0.717) is 25.0 Å². The molecule has 3 rings (SSSR count). The Morgan fingerprint density at radius 3 is 1.50 bits per heavy atom. The summed E-state index contributed by atoms with van der Waals surface area (Å²) in [5.41, 5.74) is 4.15. The first-order valence-corrected chi connectivity index (χ1v) is 9.48. The van der Waals surface area contributed by atoms with E-state index in [9.17, 15) is 0 Å². The Morgan fingerprint density at radius 2 is 1.04 bits per heavy atom. The summed E-state index contributed by atoms with van der Waals surface area (Å²) in [5.74, 6) is 2.51. The van der Waals surface area contributed by atoms with Gasteiger partial charge in [-0.1, -0.05) is 54.6 Å². The van der Waals surface area contributed by atoms with Crippen LogP contribution in [0.25, 0.3) is 0 Å². The maximum absolute atomic E-state index is 5.96. The normalized spacial score (nSPS) is 10.5. The molecule has 0 aliphatic carbocycles. The second kappa shape index (κ2) is 9.51. The van der Waals surface area contributed by atoms with Crippen molar-refractivity contribution in [2.24, 2.45) is 0 Å². The molecule has 0 aliphatic rings. The fourth-order valence-corrected chi connectivity index (χ4v) is 3.08. The first-order valence-electron chi connectivity index (χ1n) is 8.41. The summed E-state index contributed by atoms with van der Waals surface area (Å²) in [7, 11) is 0. The highest BCUT2D eigenvalue weighted by atomic mass is 35.5. The third kappa shape index (κ3) is 4.94. The van der Waals surface area contributed by atoms with Crippen LogP contribution in [0.15, 0.2) is 72.8 Å². The van der Waals surface area contributed by atoms with Gasteiger partial charge in [0.2, 0.25) is 0 Å². The molecule has 3 aromatic rings. The van der Waals surface area contributed by atoms with Crippen molar-refractivity contribution in [3.8, 4) is 11.5 Å². The van der Waals surface area contributed by atoms with Gasteiger partial charge in [0.25, 0.3) is 0 Å². The molecule has 0 radical (unpaired) electrons. The molecule has 0 aliphatic heterocycles. The smallest absolute Gasteiger partial charge is 0.124 e. The molecule has 0 amide bonds. The zero-order valence-corrected chi connectivity index (χ0v) is 15.8. The predicted molar refractivity (Wildman–Crippen MR) is 107 cm³/mol. The Hall–Kier alpha value is -2.16. The van der Waals surface area contributed by atoms with Gasteiger partial charge in [0, 0.05) is 11.1 Å². The van der Waals surface area contributed by atoms with E-state index < -0.39 is 0 Å². The van der Waals surface area contributed by atoms with E-state index in [4.69, 9.17) is 32.7 Å². The summed E-state index contributed by atoms with van der Waals surface area (Å²) in [6, 6.07) is 23.8. The lowest BCUT2D eigenvalue weighted by molar-refractivity contribution is 0.297. The monoisotopic (exact) mass is 386 g/mol. The zero-order valence-electron chi connectivity index (χ0n) is 14.3. The fourth-order valence-electron chi connectivity index (χ4n) is 2.64. The van der Waals surface area contributed by atoms with Gasteiger partial charge in [-0.15, -0.1) is 23.2 Å². The van der Waals surface area contributed by atoms with Crippen molar-refractivity contribution in [1.29, 1.82) is 0 Å². The van der Waals surface area contributed by atoms with Crippen LogP contribution in [0.3, 0.4) is 0 Å². The predicted octanol–water partition coefficient (Wildman–Crippen LogP) is 6.32. The van der Waals surface area contributed by atoms with Gasteiger partial charge in [-0.2, -0.15) is 0 Å². The van der Waals surface area contributed by atoms with Crippen LogP contribution in [-0.2, 0) is 25.0 Å². The number of alkyl halides is 2. The molecule has 0 saturated heterocycles. The van der Waals surface area contributed by atoms with Crippen molar-refractivity contribution in [1.82, 2.24) is 0 Å². The number of benzene rings is 3. The highest BCUT2D eigenvalue weighted by Gasteiger charge is 2.05. The summed E-state index contributed by atoms with van der Waals surface area (Å²) < 4.78 is 11.9. The second-order valence-corrected chi connectivity index (χ2v) is 6.41. The quantitative estimate of drug-likeness (QED) is 0.421. The largest absolute Gasteiger partial charge is 0.489 e. The van der Waals surface area contributed by atoms with Gasteiger partial charge in [0.15, 0.2) is 0 Å². The molecule has 0 heterocycles. The van der Waals surface area contributed by atoms with E-state index >= 15 is 0 Å². The zero-order chi connectivity index (χ0) is 18.2. The molecule has 3 aromatic carbocycles. The molecule has 0 aromatic heterocycles. The highest BCUT2D eigenvalue weighted by molar-refractivity contribution is 6.17. The van der Waals surface area contributed by atoms with E-state index in [-0.39, 0.29) is 0 Å². The standard InChI is InChI=1S/C22H20Cl2O2/c23-13-19-8-1-3-10-21(19)25-15-17-6-5-7-18(12-17)16-26-22-11-4-2-9-20(22)14-24/h1-12H,13-16H2. The van der Waals surface area contributed by atoms with Crippen LogP contribution in [0.1, 0.15) is 22.3 Å². The van der Waals surface area contributed by atoms with Gasteiger partial charge in [-0.25, -0.2) is 0 Å². The van der Waals surface area contributed by atoms with Crippen molar-refractivity contribution >= 4 is 23.2 Å². The minimum atomic E-state index is 0.435. The Bertz CT molecular complexity index is 782. The molecule has 0 atom stereocenters. The van der Waals surface area contributed by atoms with Gasteiger partial charge in [-0.3, -0.25) is 0 Å². The molecule has 0 fully saturated rings. The van der Waals surface area contributed by atoms with Crippen LogP contribution in [0, 0.1) is 0 Å². The third-order valence-electron chi connectivity index (χ3n) is 4.01. The molecule has 26 heavy (non-hydrogen) atoms. The molecule has 0 saturated carbocycles. The molecular formula is C22H20Cl2O2. The van der Waals surface area contributed by atoms with Crippen molar-refractivity contribution in [2.75, 3.05) is 0 Å². The number of hydrogen-bond donors (Lipinski definition) is 0. The third-order valence-corrected chi connectivity index (χ3v) is 4.59. The van der Waals surface area contributed by atoms with Crippen LogP contribution in [0.2, 0.25) is 0 Å². The summed E-state index contributed by atoms with van der Waals surface area (Å²) in [6.07, 6.45) is 0. The topological polar surface area (TPSA) is 18.5 Å². The van der Waals surface area contributed by atoms with E-state index in [1.807, 2.05) is 66.7 Å². The lowest BCUT2D eigenvalue weighted by atomic mass is 10.1. The number of hydrogen-bond acceptors (Lipinski definition) is 2. The first-order chi connectivity index (χ1) is 12.8. The molecule has 0 N–H and O–H groups in total. The molecule has 0 spiro atoms. The highest BCUT2D eigenvalue weighted by Crippen LogP contribution is 2.23. The Morgan fingerprint density at radius 1 is 0.577 bits per heavy atom. The van der Waals surface area contributed by atoms with Crippen LogP contribution in [0.4, 0.5) is 0 Å². The molecule has 134 valence electrons. The van der Waals surface area contributed by atoms with Crippen molar-refractivity contribution in [2.45, 2.75) is 25.0 Å². The van der Waals surface area contributed by atoms with Gasteiger partial charge in [0.1, 0.15) is 24.7 Å². The van der Waals surface area contributed by atoms with Gasteiger partial charge in [0.05, 0.1) is 11.8 Å². The molecular weight excluding hydrogens is 367 g/mol. The number of rotatable bonds is 8.